The molecule has 3 aromatic heterocycles. The van der Waals surface area contributed by atoms with Gasteiger partial charge >= 0.3 is 18.3 Å². The first-order chi connectivity index (χ1) is 33.3. The summed E-state index contributed by atoms with van der Waals surface area (Å²) in [6.07, 6.45) is 0.175. The Morgan fingerprint density at radius 3 is 0.667 bits per heavy atom. The van der Waals surface area contributed by atoms with Gasteiger partial charge in [0.25, 0.3) is 0 Å². The Bertz CT molecular complexity index is 2950. The van der Waals surface area contributed by atoms with Crippen molar-refractivity contribution in [3.8, 4) is 66.8 Å². The highest BCUT2D eigenvalue weighted by atomic mass is 19.2. The molecule has 0 amide bonds. The minimum atomic E-state index is -2.33. The third-order valence-corrected chi connectivity index (χ3v) is 9.94. The van der Waals surface area contributed by atoms with Gasteiger partial charge in [-0.05, 0) is 97.2 Å². The molecule has 12 nitrogen and oxygen atoms in total. The van der Waals surface area contributed by atoms with Gasteiger partial charge in [-0.15, -0.1) is 0 Å². The van der Waals surface area contributed by atoms with E-state index in [-0.39, 0.29) is 18.2 Å². The Balaban J connectivity index is 1.46. The lowest BCUT2D eigenvalue weighted by atomic mass is 9.89. The van der Waals surface area contributed by atoms with Crippen molar-refractivity contribution in [1.82, 2.24) is 29.3 Å². The highest BCUT2D eigenvalue weighted by molar-refractivity contribution is 5.86. The number of carbonyl (C=O) groups is 3. The van der Waals surface area contributed by atoms with E-state index in [1.807, 2.05) is 0 Å². The number of benzene rings is 4. The van der Waals surface area contributed by atoms with Gasteiger partial charge in [-0.3, -0.25) is 0 Å². The van der Waals surface area contributed by atoms with Gasteiger partial charge < -0.3 is 14.2 Å². The molecule has 0 spiro atoms. The number of hydrogen-bond donors (Lipinski definition) is 0. The van der Waals surface area contributed by atoms with E-state index in [0.717, 1.165) is 0 Å². The Kier molecular flexibility index (Phi) is 13.2. The van der Waals surface area contributed by atoms with Crippen LogP contribution in [0.15, 0.2) is 55.4 Å². The molecule has 0 saturated carbocycles. The molecular formula is C48H36F12N6O6. The van der Waals surface area contributed by atoms with Crippen LogP contribution in [0.2, 0.25) is 0 Å². The van der Waals surface area contributed by atoms with Gasteiger partial charge in [0.2, 0.25) is 0 Å². The Morgan fingerprint density at radius 2 is 0.500 bits per heavy atom. The van der Waals surface area contributed by atoms with Crippen LogP contribution in [-0.4, -0.2) is 64.4 Å². The molecule has 0 aliphatic rings. The van der Waals surface area contributed by atoms with Crippen molar-refractivity contribution in [2.24, 2.45) is 0 Å². The number of carbonyl (C=O) groups excluding carboxylic acids is 3. The largest absolute Gasteiger partial charge is 0.442 e. The monoisotopic (exact) mass is 1020 g/mol. The van der Waals surface area contributed by atoms with E-state index in [1.54, 1.807) is 0 Å². The first-order valence-electron chi connectivity index (χ1n) is 20.9. The molecule has 24 heteroatoms. The van der Waals surface area contributed by atoms with Gasteiger partial charge in [0, 0.05) is 35.3 Å². The van der Waals surface area contributed by atoms with E-state index >= 15 is 52.7 Å². The maximum Gasteiger partial charge on any atom is 0.435 e. The molecule has 0 fully saturated rings. The van der Waals surface area contributed by atoms with Crippen LogP contribution < -0.4 is 0 Å². The highest BCUT2D eigenvalue weighted by Crippen LogP contribution is 2.45. The van der Waals surface area contributed by atoms with Crippen molar-refractivity contribution in [3.05, 3.63) is 125 Å². The zero-order chi connectivity index (χ0) is 53.4. The van der Waals surface area contributed by atoms with Crippen LogP contribution in [0.5, 0.6) is 0 Å². The summed E-state index contributed by atoms with van der Waals surface area (Å²) in [6.45, 7) is 13.2. The Labute approximate surface area is 399 Å². The van der Waals surface area contributed by atoms with Crippen molar-refractivity contribution in [1.29, 1.82) is 0 Å². The fourth-order valence-electron chi connectivity index (χ4n) is 7.06. The molecule has 0 aliphatic heterocycles. The highest BCUT2D eigenvalue weighted by Gasteiger charge is 2.35. The number of ether oxygens (including phenoxy) is 3. The summed E-state index contributed by atoms with van der Waals surface area (Å²) in [5.74, 6) is -27.3. The van der Waals surface area contributed by atoms with Crippen LogP contribution in [0.25, 0.3) is 66.8 Å². The summed E-state index contributed by atoms with van der Waals surface area (Å²) in [4.78, 5) is 37.6. The van der Waals surface area contributed by atoms with E-state index in [1.165, 1.54) is 62.3 Å². The van der Waals surface area contributed by atoms with Crippen molar-refractivity contribution in [2.45, 2.75) is 79.1 Å². The van der Waals surface area contributed by atoms with E-state index in [0.29, 0.717) is 51.2 Å². The minimum absolute atomic E-state index is 0.270. The molecule has 3 heterocycles. The smallest absolute Gasteiger partial charge is 0.435 e. The molecule has 4 aromatic carbocycles. The van der Waals surface area contributed by atoms with Crippen LogP contribution in [0.3, 0.4) is 0 Å². The fourth-order valence-corrected chi connectivity index (χ4v) is 7.06. The topological polar surface area (TPSA) is 132 Å². The molecule has 7 rings (SSSR count). The predicted octanol–water partition coefficient (Wildman–Crippen LogP) is 13.3. The Morgan fingerprint density at radius 1 is 0.333 bits per heavy atom. The van der Waals surface area contributed by atoms with Crippen LogP contribution in [0, 0.1) is 69.8 Å². The maximum absolute atomic E-state index is 16.4. The molecule has 0 radical (unpaired) electrons. The van der Waals surface area contributed by atoms with E-state index in [2.05, 4.69) is 15.3 Å². The SMILES string of the molecule is CC(C)(C)OC(=O)n1cc(-c2c(F)c(F)c(-c3cc(-c4c(F)c(F)c(-c5cnn(C(=O)OC(C)(C)C)c5)c(F)c4F)cc(-c4c(F)c(F)c(-c5cnn(C(=O)OC(C)(C)C)c5)c(F)c4F)c3)c(F)c2F)cn1. The quantitative estimate of drug-likeness (QED) is 0.0907. The summed E-state index contributed by atoms with van der Waals surface area (Å²) < 4.78 is 211. The van der Waals surface area contributed by atoms with Gasteiger partial charge in [0.05, 0.1) is 52.0 Å². The fraction of sp³-hybridized carbons (Fsp3) is 0.250. The van der Waals surface area contributed by atoms with Crippen molar-refractivity contribution >= 4 is 18.3 Å². The molecular weight excluding hydrogens is 985 g/mol. The summed E-state index contributed by atoms with van der Waals surface area (Å²) >= 11 is 0. The van der Waals surface area contributed by atoms with Gasteiger partial charge in [-0.2, -0.15) is 29.3 Å². The first-order valence-corrected chi connectivity index (χ1v) is 20.9. The second kappa shape index (κ2) is 18.4. The molecule has 0 unspecified atom stereocenters. The zero-order valence-electron chi connectivity index (χ0n) is 38.9. The lowest BCUT2D eigenvalue weighted by Gasteiger charge is -2.18. The first kappa shape index (κ1) is 51.9. The van der Waals surface area contributed by atoms with E-state index in [9.17, 15) is 14.4 Å². The van der Waals surface area contributed by atoms with Crippen LogP contribution in [0.1, 0.15) is 62.3 Å². The summed E-state index contributed by atoms with van der Waals surface area (Å²) in [5, 5.41) is 10.8. The zero-order valence-corrected chi connectivity index (χ0v) is 38.9. The number of hydrogen-bond acceptors (Lipinski definition) is 9. The van der Waals surface area contributed by atoms with Crippen molar-refractivity contribution in [2.75, 3.05) is 0 Å². The lowest BCUT2D eigenvalue weighted by Crippen LogP contribution is -2.27. The maximum atomic E-state index is 16.4. The summed E-state index contributed by atoms with van der Waals surface area (Å²) in [6, 6.07) is 0.811. The average molecular weight is 1020 g/mol. The number of halogens is 12. The summed E-state index contributed by atoms with van der Waals surface area (Å²) in [7, 11) is 0. The van der Waals surface area contributed by atoms with E-state index < -0.39 is 172 Å². The molecule has 0 N–H and O–H groups in total. The summed E-state index contributed by atoms with van der Waals surface area (Å²) in [5.41, 5.74) is -19.4. The molecule has 7 aromatic rings. The van der Waals surface area contributed by atoms with Gasteiger partial charge in [0.1, 0.15) is 16.8 Å². The predicted molar refractivity (Wildman–Crippen MR) is 231 cm³/mol. The third-order valence-electron chi connectivity index (χ3n) is 9.94. The van der Waals surface area contributed by atoms with Crippen LogP contribution in [0.4, 0.5) is 67.1 Å². The van der Waals surface area contributed by atoms with Crippen LogP contribution >= 0.6 is 0 Å². The van der Waals surface area contributed by atoms with Crippen molar-refractivity contribution in [3.63, 3.8) is 0 Å². The van der Waals surface area contributed by atoms with E-state index in [4.69, 9.17) is 14.2 Å². The standard InChI is InChI=1S/C48H36F12N6O6/c1-46(2,3)70-43(67)64-16-22(13-61-64)28-37(55)31(49)25(32(50)38(28)56)19-10-20(26-33(51)39(57)29(40(58)34(26)52)23-14-62-65(17-23)44(68)71-47(4,5)6)12-21(11-19)27-35(53)41(59)30(42(60)36(27)54)24-15-63-66(18-24)45(69)72-48(7,8)9/h10-18H,1-9H3. The lowest BCUT2D eigenvalue weighted by molar-refractivity contribution is 0.0503. The molecule has 0 saturated heterocycles. The second-order valence-electron chi connectivity index (χ2n) is 18.8. The number of rotatable bonds is 6. The van der Waals surface area contributed by atoms with Gasteiger partial charge in [-0.1, -0.05) is 0 Å². The minimum Gasteiger partial charge on any atom is -0.442 e. The molecule has 0 aliphatic carbocycles. The average Bonchev–Trinajstić information content (AvgIpc) is 4.06. The molecule has 0 atom stereocenters. The Hall–Kier alpha value is -7.92. The third kappa shape index (κ3) is 9.76. The van der Waals surface area contributed by atoms with Crippen LogP contribution in [-0.2, 0) is 14.2 Å². The van der Waals surface area contributed by atoms with Gasteiger partial charge in [-0.25, -0.2) is 67.1 Å². The van der Waals surface area contributed by atoms with Gasteiger partial charge in [0.15, 0.2) is 69.8 Å². The number of aromatic nitrogens is 6. The second-order valence-corrected chi connectivity index (χ2v) is 18.8. The normalized spacial score (nSPS) is 12.1. The molecule has 72 heavy (non-hydrogen) atoms. The molecule has 378 valence electrons. The number of nitrogens with zero attached hydrogens (tertiary/aromatic N) is 6. The van der Waals surface area contributed by atoms with Crippen molar-refractivity contribution < 1.29 is 81.3 Å². The molecule has 0 bridgehead atoms.